The molecular weight excluding hydrogens is 216 g/mol. The highest BCUT2D eigenvalue weighted by atomic mass is 32.2. The summed E-state index contributed by atoms with van der Waals surface area (Å²) in [5.74, 6) is 0.221. The highest BCUT2D eigenvalue weighted by molar-refractivity contribution is 7.99. The van der Waals surface area contributed by atoms with Crippen LogP contribution >= 0.6 is 11.8 Å². The van der Waals surface area contributed by atoms with Gasteiger partial charge in [0.25, 0.3) is 0 Å². The normalized spacial score (nSPS) is 17.0. The standard InChI is InChI=1S/C9H16N2O3S/c10-7(9(13)14)2-5-15-6-8(12)11-3-1-4-11/h7H,1-6,10H2,(H,13,14). The first-order valence-corrected chi connectivity index (χ1v) is 6.10. The maximum atomic E-state index is 11.4. The van der Waals surface area contributed by atoms with Crippen molar-refractivity contribution in [3.05, 3.63) is 0 Å². The third-order valence-corrected chi connectivity index (χ3v) is 3.30. The predicted molar refractivity (Wildman–Crippen MR) is 58.8 cm³/mol. The van der Waals surface area contributed by atoms with E-state index in [9.17, 15) is 9.59 Å². The van der Waals surface area contributed by atoms with Gasteiger partial charge in [-0.05, 0) is 18.6 Å². The lowest BCUT2D eigenvalue weighted by Gasteiger charge is -2.30. The predicted octanol–water partition coefficient (Wildman–Crippen LogP) is -0.246. The average molecular weight is 232 g/mol. The van der Waals surface area contributed by atoms with E-state index >= 15 is 0 Å². The molecule has 1 rings (SSSR count). The molecule has 0 saturated carbocycles. The fourth-order valence-corrected chi connectivity index (χ4v) is 2.07. The van der Waals surface area contributed by atoms with Crippen molar-refractivity contribution in [2.24, 2.45) is 5.73 Å². The summed E-state index contributed by atoms with van der Waals surface area (Å²) in [7, 11) is 0. The Balaban J connectivity index is 2.01. The number of aliphatic carboxylic acids is 1. The van der Waals surface area contributed by atoms with Crippen LogP contribution in [0.15, 0.2) is 0 Å². The number of nitrogens with zero attached hydrogens (tertiary/aromatic N) is 1. The second-order valence-corrected chi connectivity index (χ2v) is 4.63. The second kappa shape index (κ2) is 5.97. The highest BCUT2D eigenvalue weighted by Crippen LogP contribution is 2.11. The monoisotopic (exact) mass is 232 g/mol. The van der Waals surface area contributed by atoms with Gasteiger partial charge in [0.15, 0.2) is 0 Å². The Labute approximate surface area is 93.0 Å². The zero-order valence-corrected chi connectivity index (χ0v) is 9.33. The molecule has 1 unspecified atom stereocenters. The summed E-state index contributed by atoms with van der Waals surface area (Å²) in [6.07, 6.45) is 1.51. The van der Waals surface area contributed by atoms with E-state index in [4.69, 9.17) is 10.8 Å². The number of hydrogen-bond acceptors (Lipinski definition) is 4. The van der Waals surface area contributed by atoms with Crippen molar-refractivity contribution in [2.45, 2.75) is 18.9 Å². The highest BCUT2D eigenvalue weighted by Gasteiger charge is 2.19. The van der Waals surface area contributed by atoms with Crippen LogP contribution in [0.5, 0.6) is 0 Å². The Bertz CT molecular complexity index is 244. The van der Waals surface area contributed by atoms with Gasteiger partial charge in [0.2, 0.25) is 5.91 Å². The van der Waals surface area contributed by atoms with Crippen LogP contribution < -0.4 is 5.73 Å². The number of likely N-dealkylation sites (tertiary alicyclic amines) is 1. The lowest BCUT2D eigenvalue weighted by molar-refractivity contribution is -0.138. The minimum atomic E-state index is -0.982. The average Bonchev–Trinajstić information content (AvgIpc) is 2.08. The van der Waals surface area contributed by atoms with Gasteiger partial charge in [-0.2, -0.15) is 11.8 Å². The fourth-order valence-electron chi connectivity index (χ4n) is 1.15. The summed E-state index contributed by atoms with van der Waals surface area (Å²) in [6, 6.07) is -0.809. The molecule has 0 bridgehead atoms. The smallest absolute Gasteiger partial charge is 0.320 e. The number of rotatable bonds is 6. The summed E-state index contributed by atoms with van der Waals surface area (Å²) < 4.78 is 0. The zero-order valence-electron chi connectivity index (χ0n) is 8.52. The number of carbonyl (C=O) groups excluding carboxylic acids is 1. The van der Waals surface area contributed by atoms with E-state index in [-0.39, 0.29) is 5.91 Å². The quantitative estimate of drug-likeness (QED) is 0.617. The molecule has 15 heavy (non-hydrogen) atoms. The molecular formula is C9H16N2O3S. The Morgan fingerprint density at radius 2 is 2.13 bits per heavy atom. The van der Waals surface area contributed by atoms with E-state index in [1.807, 2.05) is 4.90 Å². The number of nitrogens with two attached hydrogens (primary N) is 1. The first-order valence-electron chi connectivity index (χ1n) is 4.95. The number of thioether (sulfide) groups is 1. The summed E-state index contributed by atoms with van der Waals surface area (Å²) in [4.78, 5) is 23.6. The maximum absolute atomic E-state index is 11.4. The molecule has 0 aromatic rings. The summed E-state index contributed by atoms with van der Waals surface area (Å²) in [5, 5.41) is 8.52. The molecule has 0 spiro atoms. The van der Waals surface area contributed by atoms with Gasteiger partial charge in [-0.3, -0.25) is 9.59 Å². The molecule has 1 saturated heterocycles. The number of amides is 1. The first kappa shape index (κ1) is 12.3. The number of carboxylic acid groups (broad SMARTS) is 1. The molecule has 0 aromatic carbocycles. The third-order valence-electron chi connectivity index (χ3n) is 2.32. The van der Waals surface area contributed by atoms with E-state index in [0.717, 1.165) is 19.5 Å². The van der Waals surface area contributed by atoms with Crippen LogP contribution in [0, 0.1) is 0 Å². The van der Waals surface area contributed by atoms with Gasteiger partial charge < -0.3 is 15.7 Å². The molecule has 1 amide bonds. The topological polar surface area (TPSA) is 83.6 Å². The number of hydrogen-bond donors (Lipinski definition) is 2. The Hall–Kier alpha value is -0.750. The molecule has 1 aliphatic heterocycles. The Kier molecular flexibility index (Phi) is 4.90. The molecule has 1 fully saturated rings. The lowest BCUT2D eigenvalue weighted by Crippen LogP contribution is -2.43. The maximum Gasteiger partial charge on any atom is 0.320 e. The van der Waals surface area contributed by atoms with Crippen molar-refractivity contribution < 1.29 is 14.7 Å². The van der Waals surface area contributed by atoms with Crippen LogP contribution in [0.3, 0.4) is 0 Å². The number of carboxylic acids is 1. The molecule has 0 radical (unpaired) electrons. The van der Waals surface area contributed by atoms with Crippen molar-refractivity contribution in [3.8, 4) is 0 Å². The van der Waals surface area contributed by atoms with E-state index in [0.29, 0.717) is 17.9 Å². The van der Waals surface area contributed by atoms with Crippen LogP contribution in [-0.4, -0.2) is 52.5 Å². The van der Waals surface area contributed by atoms with Crippen molar-refractivity contribution in [2.75, 3.05) is 24.6 Å². The van der Waals surface area contributed by atoms with Gasteiger partial charge in [-0.25, -0.2) is 0 Å². The van der Waals surface area contributed by atoms with Gasteiger partial charge in [-0.15, -0.1) is 0 Å². The molecule has 0 aromatic heterocycles. The number of carbonyl (C=O) groups is 2. The SMILES string of the molecule is NC(CCSCC(=O)N1CCC1)C(=O)O. The van der Waals surface area contributed by atoms with Crippen molar-refractivity contribution in [3.63, 3.8) is 0 Å². The van der Waals surface area contributed by atoms with E-state index in [2.05, 4.69) is 0 Å². The van der Waals surface area contributed by atoms with E-state index in [1.165, 1.54) is 11.8 Å². The molecule has 3 N–H and O–H groups in total. The second-order valence-electron chi connectivity index (χ2n) is 3.52. The first-order chi connectivity index (χ1) is 7.11. The molecule has 1 aliphatic rings. The van der Waals surface area contributed by atoms with Gasteiger partial charge in [0.1, 0.15) is 6.04 Å². The molecule has 0 aliphatic carbocycles. The van der Waals surface area contributed by atoms with Crippen molar-refractivity contribution in [1.82, 2.24) is 4.90 Å². The van der Waals surface area contributed by atoms with Crippen LogP contribution in [0.2, 0.25) is 0 Å². The fraction of sp³-hybridized carbons (Fsp3) is 0.778. The summed E-state index contributed by atoms with van der Waals surface area (Å²) in [6.45, 7) is 1.74. The molecule has 1 heterocycles. The van der Waals surface area contributed by atoms with Crippen LogP contribution in [-0.2, 0) is 9.59 Å². The van der Waals surface area contributed by atoms with Gasteiger partial charge >= 0.3 is 5.97 Å². The van der Waals surface area contributed by atoms with Crippen LogP contribution in [0.1, 0.15) is 12.8 Å². The third kappa shape index (κ3) is 4.09. The van der Waals surface area contributed by atoms with Crippen LogP contribution in [0.25, 0.3) is 0 Å². The molecule has 1 atom stereocenters. The molecule has 5 nitrogen and oxygen atoms in total. The largest absolute Gasteiger partial charge is 0.480 e. The Morgan fingerprint density at radius 1 is 1.47 bits per heavy atom. The Morgan fingerprint density at radius 3 is 2.60 bits per heavy atom. The van der Waals surface area contributed by atoms with E-state index < -0.39 is 12.0 Å². The van der Waals surface area contributed by atoms with Gasteiger partial charge in [0, 0.05) is 13.1 Å². The van der Waals surface area contributed by atoms with Gasteiger partial charge in [0.05, 0.1) is 5.75 Å². The van der Waals surface area contributed by atoms with Crippen molar-refractivity contribution in [1.29, 1.82) is 0 Å². The molecule has 86 valence electrons. The lowest BCUT2D eigenvalue weighted by atomic mass is 10.2. The van der Waals surface area contributed by atoms with Gasteiger partial charge in [-0.1, -0.05) is 0 Å². The zero-order chi connectivity index (χ0) is 11.3. The van der Waals surface area contributed by atoms with Crippen molar-refractivity contribution >= 4 is 23.6 Å². The summed E-state index contributed by atoms with van der Waals surface area (Å²) >= 11 is 1.45. The van der Waals surface area contributed by atoms with E-state index in [1.54, 1.807) is 0 Å². The van der Waals surface area contributed by atoms with Crippen LogP contribution in [0.4, 0.5) is 0 Å². The summed E-state index contributed by atoms with van der Waals surface area (Å²) in [5.41, 5.74) is 5.32. The minimum Gasteiger partial charge on any atom is -0.480 e. The molecule has 6 heteroatoms. The minimum absolute atomic E-state index is 0.148.